The second kappa shape index (κ2) is 8.55. The van der Waals surface area contributed by atoms with Gasteiger partial charge in [-0.2, -0.15) is 5.48 Å². The molecule has 1 aliphatic rings. The molecule has 2 nitrogen and oxygen atoms in total. The monoisotopic (exact) mass is 284 g/mol. The number of benzene rings is 1. The molecule has 2 atom stereocenters. The fourth-order valence-corrected chi connectivity index (χ4v) is 2.56. The number of hydroxylamine groups is 1. The number of hydrogen-bond donors (Lipinski definition) is 1. The Morgan fingerprint density at radius 3 is 2.29 bits per heavy atom. The zero-order valence-corrected chi connectivity index (χ0v) is 13.3. The molecule has 0 aromatic heterocycles. The molecule has 2 rings (SSSR count). The lowest BCUT2D eigenvalue weighted by molar-refractivity contribution is -0.0533. The third-order valence-corrected chi connectivity index (χ3v) is 3.77. The molecule has 1 aromatic carbocycles. The number of nitrogens with one attached hydrogen (secondary N) is 1. The second-order valence-electron chi connectivity index (χ2n) is 5.86. The lowest BCUT2D eigenvalue weighted by Gasteiger charge is -2.29. The van der Waals surface area contributed by atoms with E-state index in [0.717, 1.165) is 12.8 Å². The number of rotatable bonds is 8. The van der Waals surface area contributed by atoms with Crippen LogP contribution in [-0.2, 0) is 4.84 Å². The predicted molar refractivity (Wildman–Crippen MR) is 87.4 cm³/mol. The van der Waals surface area contributed by atoms with Gasteiger partial charge in [-0.3, -0.25) is 4.84 Å². The van der Waals surface area contributed by atoms with Crippen molar-refractivity contribution in [2.75, 3.05) is 0 Å². The van der Waals surface area contributed by atoms with E-state index in [1.165, 1.54) is 11.5 Å². The minimum Gasteiger partial charge on any atom is -0.293 e. The van der Waals surface area contributed by atoms with Crippen molar-refractivity contribution in [1.29, 1.82) is 0 Å². The van der Waals surface area contributed by atoms with Gasteiger partial charge in [0.05, 0.1) is 0 Å². The first kappa shape index (κ1) is 16.5. The van der Waals surface area contributed by atoms with Crippen LogP contribution in [0, 0.1) is 37.5 Å². The van der Waals surface area contributed by atoms with Crippen molar-refractivity contribution < 1.29 is 4.84 Å². The van der Waals surface area contributed by atoms with Crippen molar-refractivity contribution in [3.63, 3.8) is 0 Å². The molecule has 0 saturated heterocycles. The number of hydrogen-bond acceptors (Lipinski definition) is 2. The largest absolute Gasteiger partial charge is 0.293 e. The molecule has 1 N–H and O–H groups in total. The Labute approximate surface area is 130 Å². The smallest absolute Gasteiger partial charge is 0.104 e. The third kappa shape index (κ3) is 4.82. The van der Waals surface area contributed by atoms with Crippen molar-refractivity contribution in [1.82, 2.24) is 5.48 Å². The quantitative estimate of drug-likeness (QED) is 0.711. The van der Waals surface area contributed by atoms with E-state index in [9.17, 15) is 0 Å². The average Bonchev–Trinajstić information content (AvgIpc) is 3.01. The molecule has 0 bridgehead atoms. The molecule has 0 unspecified atom stereocenters. The Bertz CT molecular complexity index is 384. The molecule has 2 heteroatoms. The summed E-state index contributed by atoms with van der Waals surface area (Å²) >= 11 is 0. The molecular weight excluding hydrogens is 258 g/mol. The van der Waals surface area contributed by atoms with Gasteiger partial charge >= 0.3 is 0 Å². The summed E-state index contributed by atoms with van der Waals surface area (Å²) in [5.41, 5.74) is 4.54. The molecule has 0 aliphatic heterocycles. The molecular formula is C19H26NO. The van der Waals surface area contributed by atoms with Crippen LogP contribution in [0.15, 0.2) is 30.3 Å². The van der Waals surface area contributed by atoms with Gasteiger partial charge in [0, 0.05) is 12.0 Å². The SMILES string of the molecule is CCC[C@H](ON[C@H]([C]1[CH][CH][CH][CH]1)C(C)C)c1ccccc1. The minimum atomic E-state index is 0.104. The van der Waals surface area contributed by atoms with Crippen LogP contribution in [0.25, 0.3) is 0 Å². The lowest BCUT2D eigenvalue weighted by atomic mass is 9.90. The van der Waals surface area contributed by atoms with Gasteiger partial charge in [0.2, 0.25) is 0 Å². The minimum absolute atomic E-state index is 0.104. The summed E-state index contributed by atoms with van der Waals surface area (Å²) in [6.07, 6.45) is 10.7. The summed E-state index contributed by atoms with van der Waals surface area (Å²) in [5, 5.41) is 0. The predicted octanol–water partition coefficient (Wildman–Crippen LogP) is 4.48. The van der Waals surface area contributed by atoms with Crippen LogP contribution in [-0.4, -0.2) is 6.04 Å². The highest BCUT2D eigenvalue weighted by Gasteiger charge is 2.29. The van der Waals surface area contributed by atoms with Gasteiger partial charge in [-0.15, -0.1) is 0 Å². The highest BCUT2D eigenvalue weighted by Crippen LogP contribution is 2.31. The molecule has 21 heavy (non-hydrogen) atoms. The van der Waals surface area contributed by atoms with Crippen LogP contribution in [0.4, 0.5) is 0 Å². The molecule has 1 saturated carbocycles. The second-order valence-corrected chi connectivity index (χ2v) is 5.86. The van der Waals surface area contributed by atoms with E-state index in [2.05, 4.69) is 76.2 Å². The van der Waals surface area contributed by atoms with Crippen molar-refractivity contribution in [2.45, 2.75) is 45.8 Å². The molecule has 113 valence electrons. The van der Waals surface area contributed by atoms with Crippen molar-refractivity contribution in [3.05, 3.63) is 67.5 Å². The highest BCUT2D eigenvalue weighted by atomic mass is 16.7. The lowest BCUT2D eigenvalue weighted by Crippen LogP contribution is -2.39. The zero-order chi connectivity index (χ0) is 15.1. The highest BCUT2D eigenvalue weighted by molar-refractivity contribution is 5.38. The first-order valence-corrected chi connectivity index (χ1v) is 7.90. The Hall–Kier alpha value is -0.860. The van der Waals surface area contributed by atoms with Gasteiger partial charge in [0.1, 0.15) is 6.10 Å². The topological polar surface area (TPSA) is 21.3 Å². The van der Waals surface area contributed by atoms with Crippen molar-refractivity contribution in [3.8, 4) is 0 Å². The summed E-state index contributed by atoms with van der Waals surface area (Å²) in [7, 11) is 0. The molecule has 0 amide bonds. The third-order valence-electron chi connectivity index (χ3n) is 3.77. The van der Waals surface area contributed by atoms with E-state index >= 15 is 0 Å². The molecule has 1 aromatic rings. The van der Waals surface area contributed by atoms with E-state index in [4.69, 9.17) is 4.84 Å². The molecule has 0 heterocycles. The van der Waals surface area contributed by atoms with Crippen LogP contribution in [0.3, 0.4) is 0 Å². The van der Waals surface area contributed by atoms with Crippen LogP contribution in [0.5, 0.6) is 0 Å². The van der Waals surface area contributed by atoms with E-state index in [0.29, 0.717) is 5.92 Å². The zero-order valence-electron chi connectivity index (χ0n) is 13.3. The molecule has 0 spiro atoms. The Kier molecular flexibility index (Phi) is 6.72. The summed E-state index contributed by atoms with van der Waals surface area (Å²) in [6, 6.07) is 10.7. The fraction of sp³-hybridized carbons (Fsp3) is 0.421. The Morgan fingerprint density at radius 1 is 1.05 bits per heavy atom. The normalized spacial score (nSPS) is 19.0. The van der Waals surface area contributed by atoms with Crippen LogP contribution >= 0.6 is 0 Å². The summed E-state index contributed by atoms with van der Waals surface area (Å²) in [6.45, 7) is 6.62. The molecule has 1 fully saturated rings. The van der Waals surface area contributed by atoms with Gasteiger partial charge in [-0.1, -0.05) is 57.5 Å². The maximum atomic E-state index is 6.07. The Balaban J connectivity index is 1.96. The van der Waals surface area contributed by atoms with Crippen molar-refractivity contribution >= 4 is 0 Å². The van der Waals surface area contributed by atoms with Crippen LogP contribution in [0.1, 0.15) is 45.3 Å². The Morgan fingerprint density at radius 2 is 1.71 bits per heavy atom. The fourth-order valence-electron chi connectivity index (χ4n) is 2.56. The molecule has 1 aliphatic carbocycles. The van der Waals surface area contributed by atoms with E-state index in [-0.39, 0.29) is 12.1 Å². The van der Waals surface area contributed by atoms with Gasteiger partial charge in [0.25, 0.3) is 0 Å². The van der Waals surface area contributed by atoms with Gasteiger partial charge in [0.15, 0.2) is 0 Å². The molecule has 5 radical (unpaired) electrons. The van der Waals surface area contributed by atoms with Crippen LogP contribution in [0.2, 0.25) is 0 Å². The van der Waals surface area contributed by atoms with Gasteiger partial charge < -0.3 is 0 Å². The average molecular weight is 284 g/mol. The summed E-state index contributed by atoms with van der Waals surface area (Å²) < 4.78 is 0. The van der Waals surface area contributed by atoms with Crippen LogP contribution < -0.4 is 5.48 Å². The van der Waals surface area contributed by atoms with E-state index in [1.807, 2.05) is 6.07 Å². The first-order chi connectivity index (χ1) is 10.2. The van der Waals surface area contributed by atoms with E-state index in [1.54, 1.807) is 0 Å². The maximum absolute atomic E-state index is 6.07. The van der Waals surface area contributed by atoms with Gasteiger partial charge in [-0.05, 0) is 43.6 Å². The van der Waals surface area contributed by atoms with Crippen molar-refractivity contribution in [2.24, 2.45) is 5.92 Å². The maximum Gasteiger partial charge on any atom is 0.104 e. The van der Waals surface area contributed by atoms with Gasteiger partial charge in [-0.25, -0.2) is 0 Å². The summed E-state index contributed by atoms with van der Waals surface area (Å²) in [5.74, 6) is 1.76. The summed E-state index contributed by atoms with van der Waals surface area (Å²) in [4.78, 5) is 6.07. The standard InChI is InChI=1S/C19H26NO/c1-4-10-18(16-11-6-5-7-12-16)21-20-19(15(2)3)17-13-8-9-14-17/h5-9,11-15,18-20H,4,10H2,1-3H3/t18-,19-/m0/s1. The van der Waals surface area contributed by atoms with E-state index < -0.39 is 0 Å². The first-order valence-electron chi connectivity index (χ1n) is 7.90.